The SMILES string of the molecule is Cc1ccc2c(c1)c1c(n2-c2cc(CS(=O)(=O)O)ccn2)CCN(C)C1. The molecule has 0 saturated heterocycles. The molecule has 26 heavy (non-hydrogen) atoms. The lowest BCUT2D eigenvalue weighted by molar-refractivity contribution is 0.311. The van der Waals surface area contributed by atoms with Gasteiger partial charge in [-0.15, -0.1) is 0 Å². The lowest BCUT2D eigenvalue weighted by Gasteiger charge is -2.24. The zero-order valence-electron chi connectivity index (χ0n) is 14.8. The number of nitrogens with zero attached hydrogens (tertiary/aromatic N) is 3. The fourth-order valence-corrected chi connectivity index (χ4v) is 4.35. The largest absolute Gasteiger partial charge is 0.302 e. The van der Waals surface area contributed by atoms with Crippen molar-refractivity contribution in [1.29, 1.82) is 0 Å². The molecule has 0 fully saturated rings. The molecular formula is C19H21N3O3S. The van der Waals surface area contributed by atoms with Gasteiger partial charge in [-0.3, -0.25) is 9.12 Å². The standard InChI is InChI=1S/C19H21N3O3S/c1-13-3-4-17-15(9-13)16-11-21(2)8-6-18(16)22(17)19-10-14(5-7-20-19)12-26(23,24)25/h3-5,7,9-10H,6,8,11-12H2,1-2H3,(H,23,24,25). The molecule has 4 rings (SSSR count). The number of rotatable bonds is 3. The molecule has 0 spiro atoms. The van der Waals surface area contributed by atoms with E-state index in [0.29, 0.717) is 11.4 Å². The maximum absolute atomic E-state index is 11.2. The van der Waals surface area contributed by atoms with Gasteiger partial charge in [0, 0.05) is 36.8 Å². The molecule has 0 atom stereocenters. The van der Waals surface area contributed by atoms with Crippen molar-refractivity contribution in [3.8, 4) is 5.82 Å². The van der Waals surface area contributed by atoms with Gasteiger partial charge in [-0.25, -0.2) is 4.98 Å². The molecule has 3 heterocycles. The van der Waals surface area contributed by atoms with Crippen LogP contribution in [0.5, 0.6) is 0 Å². The molecule has 0 aliphatic carbocycles. The van der Waals surface area contributed by atoms with E-state index < -0.39 is 15.9 Å². The Morgan fingerprint density at radius 2 is 2.04 bits per heavy atom. The summed E-state index contributed by atoms with van der Waals surface area (Å²) in [5.41, 5.74) is 5.33. The molecule has 0 unspecified atom stereocenters. The fraction of sp³-hybridized carbons (Fsp3) is 0.316. The van der Waals surface area contributed by atoms with Crippen molar-refractivity contribution in [3.63, 3.8) is 0 Å². The van der Waals surface area contributed by atoms with Crippen molar-refractivity contribution in [2.24, 2.45) is 0 Å². The van der Waals surface area contributed by atoms with Crippen molar-refractivity contribution in [2.75, 3.05) is 13.6 Å². The highest BCUT2D eigenvalue weighted by Gasteiger charge is 2.23. The number of likely N-dealkylation sites (N-methyl/N-ethyl adjacent to an activating group) is 1. The van der Waals surface area contributed by atoms with E-state index in [1.807, 2.05) is 0 Å². The topological polar surface area (TPSA) is 75.4 Å². The Kier molecular flexibility index (Phi) is 4.10. The molecule has 0 amide bonds. The molecule has 0 radical (unpaired) electrons. The number of fused-ring (bicyclic) bond motifs is 3. The van der Waals surface area contributed by atoms with E-state index in [0.717, 1.165) is 25.0 Å². The Hall–Kier alpha value is -2.22. The second kappa shape index (κ2) is 6.19. The van der Waals surface area contributed by atoms with Gasteiger partial charge in [0.05, 0.1) is 5.52 Å². The predicted octanol–water partition coefficient (Wildman–Crippen LogP) is 2.71. The summed E-state index contributed by atoms with van der Waals surface area (Å²) in [5.74, 6) is 0.275. The number of benzene rings is 1. The van der Waals surface area contributed by atoms with Crippen LogP contribution in [0.25, 0.3) is 16.7 Å². The first-order chi connectivity index (χ1) is 12.3. The third kappa shape index (κ3) is 3.13. The molecule has 1 aliphatic rings. The third-order valence-corrected chi connectivity index (χ3v) is 5.58. The third-order valence-electron chi connectivity index (χ3n) is 4.88. The molecule has 0 bridgehead atoms. The summed E-state index contributed by atoms with van der Waals surface area (Å²) < 4.78 is 33.8. The summed E-state index contributed by atoms with van der Waals surface area (Å²) in [6, 6.07) is 9.74. The van der Waals surface area contributed by atoms with Crippen LogP contribution >= 0.6 is 0 Å². The average Bonchev–Trinajstić information content (AvgIpc) is 2.86. The molecule has 1 aliphatic heterocycles. The Bertz CT molecular complexity index is 1100. The van der Waals surface area contributed by atoms with E-state index in [9.17, 15) is 8.42 Å². The van der Waals surface area contributed by atoms with E-state index in [1.54, 1.807) is 18.3 Å². The lowest BCUT2D eigenvalue weighted by Crippen LogP contribution is -2.27. The average molecular weight is 371 g/mol. The zero-order chi connectivity index (χ0) is 18.5. The highest BCUT2D eigenvalue weighted by molar-refractivity contribution is 7.85. The van der Waals surface area contributed by atoms with Crippen LogP contribution in [0.3, 0.4) is 0 Å². The summed E-state index contributed by atoms with van der Waals surface area (Å²) >= 11 is 0. The maximum Gasteiger partial charge on any atom is 0.269 e. The van der Waals surface area contributed by atoms with Crippen LogP contribution in [0.4, 0.5) is 0 Å². The number of hydrogen-bond acceptors (Lipinski definition) is 4. The fourth-order valence-electron chi connectivity index (χ4n) is 3.75. The number of aromatic nitrogens is 2. The van der Waals surface area contributed by atoms with Crippen LogP contribution < -0.4 is 0 Å². The maximum atomic E-state index is 11.2. The zero-order valence-corrected chi connectivity index (χ0v) is 15.6. The predicted molar refractivity (Wildman–Crippen MR) is 101 cm³/mol. The first kappa shape index (κ1) is 17.2. The molecule has 0 saturated carbocycles. The van der Waals surface area contributed by atoms with Crippen LogP contribution in [0.1, 0.15) is 22.4 Å². The monoisotopic (exact) mass is 371 g/mol. The van der Waals surface area contributed by atoms with Gasteiger partial charge in [0.15, 0.2) is 0 Å². The van der Waals surface area contributed by atoms with Crippen molar-refractivity contribution in [3.05, 3.63) is 58.9 Å². The summed E-state index contributed by atoms with van der Waals surface area (Å²) in [6.07, 6.45) is 2.50. The summed E-state index contributed by atoms with van der Waals surface area (Å²) in [7, 11) is -1.96. The van der Waals surface area contributed by atoms with Crippen LogP contribution in [-0.2, 0) is 28.8 Å². The van der Waals surface area contributed by atoms with E-state index in [1.165, 1.54) is 22.2 Å². The van der Waals surface area contributed by atoms with Crippen LogP contribution in [0, 0.1) is 6.92 Å². The molecule has 1 N–H and O–H groups in total. The van der Waals surface area contributed by atoms with Crippen molar-refractivity contribution in [1.82, 2.24) is 14.5 Å². The Morgan fingerprint density at radius 3 is 2.81 bits per heavy atom. The Labute approximate surface area is 152 Å². The van der Waals surface area contributed by atoms with E-state index in [4.69, 9.17) is 4.55 Å². The summed E-state index contributed by atoms with van der Waals surface area (Å²) in [6.45, 7) is 3.93. The van der Waals surface area contributed by atoms with Gasteiger partial charge < -0.3 is 4.90 Å². The van der Waals surface area contributed by atoms with Crippen molar-refractivity contribution < 1.29 is 13.0 Å². The minimum Gasteiger partial charge on any atom is -0.302 e. The van der Waals surface area contributed by atoms with Crippen molar-refractivity contribution in [2.45, 2.75) is 25.6 Å². The molecule has 6 nitrogen and oxygen atoms in total. The molecular weight excluding hydrogens is 350 g/mol. The minimum absolute atomic E-state index is 0.411. The molecule has 136 valence electrons. The van der Waals surface area contributed by atoms with Gasteiger partial charge in [-0.1, -0.05) is 11.6 Å². The summed E-state index contributed by atoms with van der Waals surface area (Å²) in [5, 5.41) is 1.22. The lowest BCUT2D eigenvalue weighted by atomic mass is 10.0. The van der Waals surface area contributed by atoms with Gasteiger partial charge in [0.2, 0.25) is 0 Å². The highest BCUT2D eigenvalue weighted by atomic mass is 32.2. The summed E-state index contributed by atoms with van der Waals surface area (Å²) in [4.78, 5) is 6.79. The van der Waals surface area contributed by atoms with Gasteiger partial charge >= 0.3 is 0 Å². The number of hydrogen-bond donors (Lipinski definition) is 1. The van der Waals surface area contributed by atoms with Gasteiger partial charge in [0.25, 0.3) is 10.1 Å². The van der Waals surface area contributed by atoms with E-state index in [2.05, 4.69) is 46.6 Å². The highest BCUT2D eigenvalue weighted by Crippen LogP contribution is 2.33. The Balaban J connectivity index is 1.94. The quantitative estimate of drug-likeness (QED) is 0.717. The van der Waals surface area contributed by atoms with Crippen LogP contribution in [0.15, 0.2) is 36.5 Å². The molecule has 3 aromatic rings. The van der Waals surface area contributed by atoms with Gasteiger partial charge in [-0.05, 0) is 49.4 Å². The van der Waals surface area contributed by atoms with Gasteiger partial charge in [0.1, 0.15) is 11.6 Å². The van der Waals surface area contributed by atoms with Crippen LogP contribution in [-0.4, -0.2) is 41.0 Å². The normalized spacial score (nSPS) is 15.3. The Morgan fingerprint density at radius 1 is 1.23 bits per heavy atom. The second-order valence-electron chi connectivity index (χ2n) is 7.02. The van der Waals surface area contributed by atoms with E-state index in [-0.39, 0.29) is 0 Å². The van der Waals surface area contributed by atoms with Gasteiger partial charge in [-0.2, -0.15) is 8.42 Å². The first-order valence-corrected chi connectivity index (χ1v) is 10.1. The number of aryl methyl sites for hydroxylation is 1. The van der Waals surface area contributed by atoms with Crippen molar-refractivity contribution >= 4 is 21.0 Å². The van der Waals surface area contributed by atoms with E-state index >= 15 is 0 Å². The molecule has 2 aromatic heterocycles. The second-order valence-corrected chi connectivity index (χ2v) is 8.47. The molecule has 7 heteroatoms. The first-order valence-electron chi connectivity index (χ1n) is 8.53. The minimum atomic E-state index is -4.08. The number of pyridine rings is 1. The molecule has 1 aromatic carbocycles. The van der Waals surface area contributed by atoms with Crippen LogP contribution in [0.2, 0.25) is 0 Å². The smallest absolute Gasteiger partial charge is 0.269 e.